The van der Waals surface area contributed by atoms with Gasteiger partial charge in [-0.25, -0.2) is 9.97 Å². The first-order valence-corrected chi connectivity index (χ1v) is 7.93. The number of nitrogens with zero attached hydrogens (tertiary/aromatic N) is 5. The Morgan fingerprint density at radius 3 is 2.82 bits per heavy atom. The highest BCUT2D eigenvalue weighted by atomic mass is 79.9. The Bertz CT molecular complexity index is 656. The molecule has 1 unspecified atom stereocenters. The lowest BCUT2D eigenvalue weighted by Crippen LogP contribution is -2.48. The average Bonchev–Trinajstić information content (AvgIpc) is 2.95. The Morgan fingerprint density at radius 2 is 2.14 bits per heavy atom. The molecule has 0 saturated carbocycles. The molecule has 3 heterocycles. The van der Waals surface area contributed by atoms with Crippen molar-refractivity contribution in [2.75, 3.05) is 18.0 Å². The minimum atomic E-state index is -0.0864. The largest absolute Gasteiger partial charge is 0.347 e. The number of aromatic nitrogens is 4. The van der Waals surface area contributed by atoms with Gasteiger partial charge in [-0.2, -0.15) is 5.10 Å². The zero-order valence-corrected chi connectivity index (χ0v) is 13.8. The summed E-state index contributed by atoms with van der Waals surface area (Å²) in [5.74, 6) is 0.611. The predicted molar refractivity (Wildman–Crippen MR) is 85.6 cm³/mol. The third kappa shape index (κ3) is 3.44. The quantitative estimate of drug-likeness (QED) is 0.889. The van der Waals surface area contributed by atoms with Gasteiger partial charge in [0.2, 0.25) is 5.95 Å². The fourth-order valence-corrected chi connectivity index (χ4v) is 2.76. The minimum absolute atomic E-state index is 0.0864. The molecule has 0 bridgehead atoms. The molecular weight excluding hydrogens is 348 g/mol. The lowest BCUT2D eigenvalue weighted by Gasteiger charge is -2.33. The average molecular weight is 365 g/mol. The van der Waals surface area contributed by atoms with Crippen molar-refractivity contribution in [3.05, 3.63) is 34.8 Å². The number of hydrogen-bond donors (Lipinski definition) is 1. The molecule has 1 N–H and O–H groups in total. The number of carbonyl (C=O) groups is 1. The van der Waals surface area contributed by atoms with Crippen LogP contribution in [0.5, 0.6) is 0 Å². The Balaban J connectivity index is 1.63. The lowest BCUT2D eigenvalue weighted by molar-refractivity contribution is 0.0933. The second-order valence-electron chi connectivity index (χ2n) is 5.36. The van der Waals surface area contributed by atoms with Crippen molar-refractivity contribution >= 4 is 27.8 Å². The number of hydrogen-bond acceptors (Lipinski definition) is 5. The number of halogens is 1. The first-order chi connectivity index (χ1) is 10.6. The zero-order valence-electron chi connectivity index (χ0n) is 12.2. The standard InChI is InChI=1S/C14H17BrN6O/c1-20-8-10(5-18-20)13(22)19-12-3-2-4-21(9-12)14-16-6-11(15)7-17-14/h5-8,12H,2-4,9H2,1H3,(H,19,22). The molecular formula is C14H17BrN6O. The Labute approximate surface area is 136 Å². The molecule has 2 aromatic heterocycles. The first kappa shape index (κ1) is 15.0. The molecule has 0 aromatic carbocycles. The molecule has 0 radical (unpaired) electrons. The summed E-state index contributed by atoms with van der Waals surface area (Å²) in [5, 5.41) is 7.08. The molecule has 0 aliphatic carbocycles. The highest BCUT2D eigenvalue weighted by Crippen LogP contribution is 2.17. The molecule has 1 saturated heterocycles. The van der Waals surface area contributed by atoms with Crippen molar-refractivity contribution in [1.82, 2.24) is 25.1 Å². The van der Waals surface area contributed by atoms with Crippen LogP contribution in [0, 0.1) is 0 Å². The van der Waals surface area contributed by atoms with Crippen LogP contribution >= 0.6 is 15.9 Å². The molecule has 1 atom stereocenters. The molecule has 3 rings (SSSR count). The maximum atomic E-state index is 12.2. The summed E-state index contributed by atoms with van der Waals surface area (Å²) in [7, 11) is 1.80. The monoisotopic (exact) mass is 364 g/mol. The van der Waals surface area contributed by atoms with Crippen LogP contribution in [0.3, 0.4) is 0 Å². The van der Waals surface area contributed by atoms with Crippen LogP contribution in [0.25, 0.3) is 0 Å². The number of amides is 1. The molecule has 0 spiro atoms. The molecule has 1 aliphatic heterocycles. The third-order valence-electron chi connectivity index (χ3n) is 3.61. The van der Waals surface area contributed by atoms with E-state index >= 15 is 0 Å². The van der Waals surface area contributed by atoms with Crippen LogP contribution in [0.15, 0.2) is 29.3 Å². The first-order valence-electron chi connectivity index (χ1n) is 7.14. The van der Waals surface area contributed by atoms with Crippen molar-refractivity contribution in [3.63, 3.8) is 0 Å². The number of rotatable bonds is 3. The van der Waals surface area contributed by atoms with E-state index in [-0.39, 0.29) is 11.9 Å². The topological polar surface area (TPSA) is 75.9 Å². The molecule has 8 heteroatoms. The van der Waals surface area contributed by atoms with Crippen molar-refractivity contribution in [2.45, 2.75) is 18.9 Å². The Morgan fingerprint density at radius 1 is 1.36 bits per heavy atom. The van der Waals surface area contributed by atoms with E-state index in [1.807, 2.05) is 0 Å². The van der Waals surface area contributed by atoms with E-state index in [2.05, 4.69) is 41.2 Å². The normalized spacial score (nSPS) is 18.3. The summed E-state index contributed by atoms with van der Waals surface area (Å²) in [5.41, 5.74) is 0.583. The summed E-state index contributed by atoms with van der Waals surface area (Å²) < 4.78 is 2.48. The van der Waals surface area contributed by atoms with Crippen molar-refractivity contribution in [1.29, 1.82) is 0 Å². The van der Waals surface area contributed by atoms with Gasteiger partial charge in [0.25, 0.3) is 5.91 Å². The summed E-state index contributed by atoms with van der Waals surface area (Å²) in [6, 6.07) is 0.0914. The predicted octanol–water partition coefficient (Wildman–Crippen LogP) is 1.37. The van der Waals surface area contributed by atoms with Gasteiger partial charge in [-0.05, 0) is 28.8 Å². The van der Waals surface area contributed by atoms with E-state index < -0.39 is 0 Å². The highest BCUT2D eigenvalue weighted by molar-refractivity contribution is 9.10. The highest BCUT2D eigenvalue weighted by Gasteiger charge is 2.23. The van der Waals surface area contributed by atoms with E-state index in [0.717, 1.165) is 23.9 Å². The van der Waals surface area contributed by atoms with E-state index in [4.69, 9.17) is 0 Å². The summed E-state index contributed by atoms with van der Waals surface area (Å²) in [6.07, 6.45) is 8.72. The van der Waals surface area contributed by atoms with E-state index in [1.165, 1.54) is 0 Å². The van der Waals surface area contributed by atoms with Gasteiger partial charge in [0.15, 0.2) is 0 Å². The maximum Gasteiger partial charge on any atom is 0.254 e. The van der Waals surface area contributed by atoms with Crippen LogP contribution in [0.4, 0.5) is 5.95 Å². The van der Waals surface area contributed by atoms with Gasteiger partial charge in [0.1, 0.15) is 0 Å². The lowest BCUT2D eigenvalue weighted by atomic mass is 10.1. The van der Waals surface area contributed by atoms with E-state index in [9.17, 15) is 4.79 Å². The van der Waals surface area contributed by atoms with Crippen molar-refractivity contribution in [2.24, 2.45) is 7.05 Å². The van der Waals surface area contributed by atoms with Crippen LogP contribution in [-0.2, 0) is 7.05 Å². The fraction of sp³-hybridized carbons (Fsp3) is 0.429. The number of nitrogens with one attached hydrogen (secondary N) is 1. The van der Waals surface area contributed by atoms with Gasteiger partial charge in [-0.15, -0.1) is 0 Å². The molecule has 116 valence electrons. The number of piperidine rings is 1. The van der Waals surface area contributed by atoms with E-state index in [0.29, 0.717) is 18.1 Å². The van der Waals surface area contributed by atoms with Crippen LogP contribution in [0.2, 0.25) is 0 Å². The van der Waals surface area contributed by atoms with Gasteiger partial charge in [-0.3, -0.25) is 9.48 Å². The van der Waals surface area contributed by atoms with Crippen LogP contribution in [-0.4, -0.2) is 44.8 Å². The smallest absolute Gasteiger partial charge is 0.254 e. The molecule has 7 nitrogen and oxygen atoms in total. The molecule has 1 fully saturated rings. The number of carbonyl (C=O) groups excluding carboxylic acids is 1. The number of anilines is 1. The third-order valence-corrected chi connectivity index (χ3v) is 4.02. The van der Waals surface area contributed by atoms with Crippen molar-refractivity contribution in [3.8, 4) is 0 Å². The summed E-state index contributed by atoms with van der Waals surface area (Å²) in [4.78, 5) is 22.9. The molecule has 2 aromatic rings. The van der Waals surface area contributed by atoms with Gasteiger partial charge in [-0.1, -0.05) is 0 Å². The SMILES string of the molecule is Cn1cc(C(=O)NC2CCCN(c3ncc(Br)cn3)C2)cn1. The second-order valence-corrected chi connectivity index (χ2v) is 6.28. The molecule has 22 heavy (non-hydrogen) atoms. The Kier molecular flexibility index (Phi) is 4.37. The Hall–Kier alpha value is -1.96. The van der Waals surface area contributed by atoms with Crippen LogP contribution < -0.4 is 10.2 Å². The van der Waals surface area contributed by atoms with Gasteiger partial charge in [0, 0.05) is 44.8 Å². The molecule has 1 aliphatic rings. The number of aryl methyl sites for hydroxylation is 1. The summed E-state index contributed by atoms with van der Waals surface area (Å²) in [6.45, 7) is 1.62. The maximum absolute atomic E-state index is 12.2. The molecule has 1 amide bonds. The van der Waals surface area contributed by atoms with Gasteiger partial charge >= 0.3 is 0 Å². The fourth-order valence-electron chi connectivity index (χ4n) is 2.55. The van der Waals surface area contributed by atoms with E-state index in [1.54, 1.807) is 36.5 Å². The van der Waals surface area contributed by atoms with Crippen LogP contribution in [0.1, 0.15) is 23.2 Å². The van der Waals surface area contributed by atoms with Gasteiger partial charge < -0.3 is 10.2 Å². The zero-order chi connectivity index (χ0) is 15.5. The minimum Gasteiger partial charge on any atom is -0.347 e. The summed E-state index contributed by atoms with van der Waals surface area (Å²) >= 11 is 3.33. The van der Waals surface area contributed by atoms with Gasteiger partial charge in [0.05, 0.1) is 16.2 Å². The van der Waals surface area contributed by atoms with Crippen molar-refractivity contribution < 1.29 is 4.79 Å². The second kappa shape index (κ2) is 6.43.